The number of anilines is 2. The minimum Gasteiger partial charge on any atom is -0.367 e. The van der Waals surface area contributed by atoms with Crippen LogP contribution in [0.15, 0.2) is 17.8 Å². The standard InChI is InChI=1S/C24H32N6O4S/c1-2-9-35(33,34)14-15-3-5-18(6-4-15)26-20-12-21(27-19-7-8-19)30-23(28-20)17(13-25-30)10-16-11-22(31)29-24(16)32/h10,12-13,15,18-19,27H,2-9,11,14H2,1H3,(H,26,28)(H,29,31,32)/b16-10+. The van der Waals surface area contributed by atoms with Crippen molar-refractivity contribution in [3.63, 3.8) is 0 Å². The number of carbonyl (C=O) groups is 2. The molecule has 2 amide bonds. The maximum absolute atomic E-state index is 12.2. The third-order valence-corrected chi connectivity index (χ3v) is 8.87. The highest BCUT2D eigenvalue weighted by atomic mass is 32.2. The average Bonchev–Trinajstić information content (AvgIpc) is 3.43. The Bertz CT molecular complexity index is 1270. The third-order valence-electron chi connectivity index (χ3n) is 6.86. The Hall–Kier alpha value is -2.95. The van der Waals surface area contributed by atoms with E-state index in [-0.39, 0.29) is 41.7 Å². The number of fused-ring (bicyclic) bond motifs is 1. The van der Waals surface area contributed by atoms with E-state index in [1.807, 2.05) is 13.0 Å². The molecule has 3 fully saturated rings. The highest BCUT2D eigenvalue weighted by molar-refractivity contribution is 7.91. The Kier molecular flexibility index (Phi) is 6.52. The summed E-state index contributed by atoms with van der Waals surface area (Å²) in [6.45, 7) is 1.90. The van der Waals surface area contributed by atoms with Crippen molar-refractivity contribution in [3.8, 4) is 0 Å². The predicted octanol–water partition coefficient (Wildman–Crippen LogP) is 2.53. The van der Waals surface area contributed by atoms with Crippen LogP contribution in [0.1, 0.15) is 63.9 Å². The van der Waals surface area contributed by atoms with E-state index in [1.54, 1.807) is 16.8 Å². The van der Waals surface area contributed by atoms with Crippen LogP contribution in [0.5, 0.6) is 0 Å². The fraction of sp³-hybridized carbons (Fsp3) is 0.583. The van der Waals surface area contributed by atoms with Crippen molar-refractivity contribution >= 4 is 45.0 Å². The molecule has 0 bridgehead atoms. The molecule has 5 rings (SSSR count). The first-order valence-electron chi connectivity index (χ1n) is 12.5. The quantitative estimate of drug-likeness (QED) is 0.353. The molecule has 10 nitrogen and oxygen atoms in total. The average molecular weight is 501 g/mol. The lowest BCUT2D eigenvalue weighted by atomic mass is 9.87. The van der Waals surface area contributed by atoms with Crippen molar-refractivity contribution in [2.45, 2.75) is 70.4 Å². The highest BCUT2D eigenvalue weighted by Gasteiger charge is 2.28. The van der Waals surface area contributed by atoms with Gasteiger partial charge in [0.05, 0.1) is 18.4 Å². The van der Waals surface area contributed by atoms with Crippen molar-refractivity contribution in [1.29, 1.82) is 0 Å². The first-order chi connectivity index (χ1) is 16.8. The first kappa shape index (κ1) is 23.8. The number of nitrogens with zero attached hydrogens (tertiary/aromatic N) is 3. The molecule has 2 aliphatic carbocycles. The Labute approximate surface area is 204 Å². The molecular formula is C24H32N6O4S. The van der Waals surface area contributed by atoms with Crippen LogP contribution in [0.25, 0.3) is 11.7 Å². The Morgan fingerprint density at radius 2 is 1.83 bits per heavy atom. The van der Waals surface area contributed by atoms with Crippen LogP contribution in [-0.4, -0.2) is 58.4 Å². The number of aromatic nitrogens is 3. The summed E-state index contributed by atoms with van der Waals surface area (Å²) in [5, 5.41) is 13.8. The van der Waals surface area contributed by atoms with Gasteiger partial charge in [-0.3, -0.25) is 14.9 Å². The van der Waals surface area contributed by atoms with Gasteiger partial charge in [0, 0.05) is 35.0 Å². The summed E-state index contributed by atoms with van der Waals surface area (Å²) in [6.07, 6.45) is 9.82. The van der Waals surface area contributed by atoms with E-state index in [1.165, 1.54) is 0 Å². The maximum atomic E-state index is 12.2. The van der Waals surface area contributed by atoms with E-state index in [0.29, 0.717) is 29.2 Å². The number of amides is 2. The van der Waals surface area contributed by atoms with E-state index in [9.17, 15) is 18.0 Å². The molecule has 1 saturated heterocycles. The van der Waals surface area contributed by atoms with Crippen LogP contribution in [0.3, 0.4) is 0 Å². The van der Waals surface area contributed by atoms with Crippen LogP contribution < -0.4 is 16.0 Å². The summed E-state index contributed by atoms with van der Waals surface area (Å²) < 4.78 is 26.1. The zero-order valence-corrected chi connectivity index (χ0v) is 20.7. The van der Waals surface area contributed by atoms with E-state index in [4.69, 9.17) is 4.98 Å². The molecule has 0 aromatic carbocycles. The molecular weight excluding hydrogens is 468 g/mol. The summed E-state index contributed by atoms with van der Waals surface area (Å²) in [5.74, 6) is 1.65. The van der Waals surface area contributed by atoms with E-state index in [0.717, 1.165) is 50.2 Å². The van der Waals surface area contributed by atoms with Gasteiger partial charge < -0.3 is 10.6 Å². The number of sulfone groups is 1. The largest absolute Gasteiger partial charge is 0.367 e. The molecule has 2 saturated carbocycles. The smallest absolute Gasteiger partial charge is 0.254 e. The fourth-order valence-electron chi connectivity index (χ4n) is 4.94. The molecule has 0 atom stereocenters. The summed E-state index contributed by atoms with van der Waals surface area (Å²) in [4.78, 5) is 28.4. The minimum absolute atomic E-state index is 0.0541. The number of hydrogen-bond donors (Lipinski definition) is 3. The lowest BCUT2D eigenvalue weighted by Gasteiger charge is -2.29. The van der Waals surface area contributed by atoms with Crippen molar-refractivity contribution < 1.29 is 18.0 Å². The summed E-state index contributed by atoms with van der Waals surface area (Å²) >= 11 is 0. The van der Waals surface area contributed by atoms with Crippen molar-refractivity contribution in [2.75, 3.05) is 22.1 Å². The fourth-order valence-corrected chi connectivity index (χ4v) is 6.78. The second-order valence-electron chi connectivity index (χ2n) is 9.98. The number of rotatable bonds is 9. The van der Waals surface area contributed by atoms with Crippen molar-refractivity contribution in [3.05, 3.63) is 23.4 Å². The molecule has 3 heterocycles. The normalized spacial score (nSPS) is 24.2. The number of carbonyl (C=O) groups excluding carboxylic acids is 2. The second kappa shape index (κ2) is 9.60. The van der Waals surface area contributed by atoms with Crippen LogP contribution in [0.2, 0.25) is 0 Å². The lowest BCUT2D eigenvalue weighted by Crippen LogP contribution is -2.30. The van der Waals surface area contributed by atoms with E-state index < -0.39 is 9.84 Å². The Balaban J connectivity index is 1.34. The van der Waals surface area contributed by atoms with Gasteiger partial charge in [0.2, 0.25) is 5.91 Å². The maximum Gasteiger partial charge on any atom is 0.254 e. The van der Waals surface area contributed by atoms with Crippen LogP contribution >= 0.6 is 0 Å². The molecule has 0 unspecified atom stereocenters. The molecule has 2 aromatic heterocycles. The topological polar surface area (TPSA) is 135 Å². The first-order valence-corrected chi connectivity index (χ1v) is 14.3. The van der Waals surface area contributed by atoms with Crippen molar-refractivity contribution in [1.82, 2.24) is 19.9 Å². The number of hydrogen-bond acceptors (Lipinski definition) is 8. The molecule has 188 valence electrons. The Morgan fingerprint density at radius 3 is 2.49 bits per heavy atom. The third kappa shape index (κ3) is 5.66. The van der Waals surface area contributed by atoms with Gasteiger partial charge in [0.1, 0.15) is 11.6 Å². The van der Waals surface area contributed by atoms with Gasteiger partial charge in [-0.05, 0) is 56.9 Å². The molecule has 0 radical (unpaired) electrons. The van der Waals surface area contributed by atoms with Crippen LogP contribution in [0, 0.1) is 5.92 Å². The number of nitrogens with one attached hydrogen (secondary N) is 3. The Morgan fingerprint density at radius 1 is 1.11 bits per heavy atom. The molecule has 11 heteroatoms. The summed E-state index contributed by atoms with van der Waals surface area (Å²) in [6, 6.07) is 2.59. The second-order valence-corrected chi connectivity index (χ2v) is 12.2. The number of imide groups is 1. The summed E-state index contributed by atoms with van der Waals surface area (Å²) in [7, 11) is -2.96. The van der Waals surface area contributed by atoms with Gasteiger partial charge in [0.25, 0.3) is 5.91 Å². The van der Waals surface area contributed by atoms with Gasteiger partial charge >= 0.3 is 0 Å². The van der Waals surface area contributed by atoms with Gasteiger partial charge in [0.15, 0.2) is 15.5 Å². The lowest BCUT2D eigenvalue weighted by molar-refractivity contribution is -0.124. The molecule has 3 N–H and O–H groups in total. The van der Waals surface area contributed by atoms with Gasteiger partial charge in [-0.2, -0.15) is 9.61 Å². The molecule has 0 spiro atoms. The molecule has 1 aliphatic heterocycles. The zero-order chi connectivity index (χ0) is 24.6. The van der Waals surface area contributed by atoms with E-state index in [2.05, 4.69) is 21.0 Å². The molecule has 35 heavy (non-hydrogen) atoms. The molecule has 2 aromatic rings. The zero-order valence-electron chi connectivity index (χ0n) is 19.9. The summed E-state index contributed by atoms with van der Waals surface area (Å²) in [5.41, 5.74) is 1.69. The van der Waals surface area contributed by atoms with Gasteiger partial charge in [-0.15, -0.1) is 0 Å². The predicted molar refractivity (Wildman–Crippen MR) is 134 cm³/mol. The van der Waals surface area contributed by atoms with E-state index >= 15 is 0 Å². The van der Waals surface area contributed by atoms with Gasteiger partial charge in [-0.25, -0.2) is 13.4 Å². The van der Waals surface area contributed by atoms with Crippen LogP contribution in [-0.2, 0) is 19.4 Å². The minimum atomic E-state index is -2.96. The van der Waals surface area contributed by atoms with Gasteiger partial charge in [-0.1, -0.05) is 6.92 Å². The monoisotopic (exact) mass is 500 g/mol. The SMILES string of the molecule is CCCS(=O)(=O)CC1CCC(Nc2cc(NC3CC3)n3ncc(/C=C4\CC(=O)NC4=O)c3n2)CC1. The van der Waals surface area contributed by atoms with Crippen molar-refractivity contribution in [2.24, 2.45) is 5.92 Å². The highest BCUT2D eigenvalue weighted by Crippen LogP contribution is 2.31. The van der Waals surface area contributed by atoms with Crippen LogP contribution in [0.4, 0.5) is 11.6 Å². The molecule has 3 aliphatic rings.